The van der Waals surface area contributed by atoms with Crippen LogP contribution in [0.3, 0.4) is 0 Å². The van der Waals surface area contributed by atoms with E-state index in [0.717, 1.165) is 33.8 Å². The Balaban J connectivity index is 1.84. The van der Waals surface area contributed by atoms with E-state index in [4.69, 9.17) is 9.47 Å². The van der Waals surface area contributed by atoms with E-state index >= 15 is 0 Å². The van der Waals surface area contributed by atoms with Crippen molar-refractivity contribution in [3.63, 3.8) is 0 Å². The van der Waals surface area contributed by atoms with Crippen LogP contribution in [0.1, 0.15) is 37.0 Å². The predicted molar refractivity (Wildman–Crippen MR) is 121 cm³/mol. The third-order valence-electron chi connectivity index (χ3n) is 5.14. The zero-order valence-electron chi connectivity index (χ0n) is 20.4. The summed E-state index contributed by atoms with van der Waals surface area (Å²) in [6, 6.07) is 6.66. The Labute approximate surface area is 212 Å². The highest BCUT2D eigenvalue weighted by Gasteiger charge is 2.36. The van der Waals surface area contributed by atoms with Gasteiger partial charge in [0.05, 0.1) is 17.8 Å². The fraction of sp³-hybridized carbons (Fsp3) is 0.375. The zero-order chi connectivity index (χ0) is 28.3. The normalized spacial score (nSPS) is 12.8. The first-order chi connectivity index (χ1) is 17.7. The van der Waals surface area contributed by atoms with Gasteiger partial charge in [0.2, 0.25) is 0 Å². The van der Waals surface area contributed by atoms with Crippen LogP contribution in [0, 0.1) is 6.92 Å². The summed E-state index contributed by atoms with van der Waals surface area (Å²) in [5, 5.41) is 3.91. The summed E-state index contributed by atoms with van der Waals surface area (Å²) in [4.78, 5) is 24.1. The van der Waals surface area contributed by atoms with Gasteiger partial charge in [0.1, 0.15) is 30.5 Å². The summed E-state index contributed by atoms with van der Waals surface area (Å²) < 4.78 is 94.8. The molecule has 0 spiro atoms. The van der Waals surface area contributed by atoms with Gasteiger partial charge in [0.15, 0.2) is 0 Å². The van der Waals surface area contributed by atoms with Crippen molar-refractivity contribution >= 4 is 5.97 Å². The number of benzene rings is 2. The molecule has 0 saturated heterocycles. The van der Waals surface area contributed by atoms with Crippen molar-refractivity contribution in [2.24, 2.45) is 0 Å². The van der Waals surface area contributed by atoms with Crippen LogP contribution in [0.15, 0.2) is 47.5 Å². The van der Waals surface area contributed by atoms with Crippen LogP contribution >= 0.6 is 0 Å². The van der Waals surface area contributed by atoms with E-state index in [1.165, 1.54) is 32.0 Å². The first kappa shape index (κ1) is 28.6. The standard InChI is InChI=1S/C24H23F6N3O5/c1-4-20(34)36-12-15(3)37-21-14(2)9-16(10-19(21)23(25,26)27)11-33-22(35)32(13-31-33)17-5-7-18(8-6-17)38-24(28,29)30/h5-10,13,15H,4,11-12H2,1-3H3. The van der Waals surface area contributed by atoms with Crippen molar-refractivity contribution in [2.45, 2.75) is 52.4 Å². The number of carbonyl (C=O) groups excluding carboxylic acids is 1. The lowest BCUT2D eigenvalue weighted by Crippen LogP contribution is -2.25. The van der Waals surface area contributed by atoms with E-state index in [2.05, 4.69) is 9.84 Å². The van der Waals surface area contributed by atoms with Crippen LogP contribution in [0.4, 0.5) is 26.3 Å². The van der Waals surface area contributed by atoms with Gasteiger partial charge in [-0.1, -0.05) is 13.0 Å². The summed E-state index contributed by atoms with van der Waals surface area (Å²) in [5.41, 5.74) is -1.39. The monoisotopic (exact) mass is 547 g/mol. The number of aryl methyl sites for hydroxylation is 1. The average Bonchev–Trinajstić information content (AvgIpc) is 3.17. The topological polar surface area (TPSA) is 84.6 Å². The van der Waals surface area contributed by atoms with Gasteiger partial charge in [-0.05, 0) is 55.3 Å². The number of aromatic nitrogens is 3. The number of alkyl halides is 6. The number of ether oxygens (including phenoxy) is 3. The van der Waals surface area contributed by atoms with Gasteiger partial charge < -0.3 is 14.2 Å². The Hall–Kier alpha value is -3.97. The minimum absolute atomic E-state index is 0.105. The number of hydrogen-bond acceptors (Lipinski definition) is 6. The molecule has 0 saturated carbocycles. The third kappa shape index (κ3) is 7.29. The van der Waals surface area contributed by atoms with E-state index < -0.39 is 47.4 Å². The maximum absolute atomic E-state index is 13.9. The molecule has 14 heteroatoms. The number of carbonyl (C=O) groups is 1. The molecule has 3 aromatic rings. The van der Waals surface area contributed by atoms with Gasteiger partial charge in [-0.15, -0.1) is 13.2 Å². The molecule has 1 unspecified atom stereocenters. The van der Waals surface area contributed by atoms with Crippen molar-refractivity contribution in [3.8, 4) is 17.2 Å². The van der Waals surface area contributed by atoms with Gasteiger partial charge in [0, 0.05) is 6.42 Å². The molecule has 1 atom stereocenters. The summed E-state index contributed by atoms with van der Waals surface area (Å²) >= 11 is 0. The lowest BCUT2D eigenvalue weighted by Gasteiger charge is -2.21. The lowest BCUT2D eigenvalue weighted by atomic mass is 10.0. The Bertz CT molecular complexity index is 1330. The third-order valence-corrected chi connectivity index (χ3v) is 5.14. The van der Waals surface area contributed by atoms with Gasteiger partial charge in [-0.2, -0.15) is 18.3 Å². The molecule has 0 N–H and O–H groups in total. The largest absolute Gasteiger partial charge is 0.573 e. The fourth-order valence-corrected chi connectivity index (χ4v) is 3.46. The molecular weight excluding hydrogens is 524 g/mol. The summed E-state index contributed by atoms with van der Waals surface area (Å²) in [5.74, 6) is -1.43. The SMILES string of the molecule is CCC(=O)OCC(C)Oc1c(C)cc(Cn2ncn(-c3ccc(OC(F)(F)F)cc3)c2=O)cc1C(F)(F)F. The molecule has 0 bridgehead atoms. The van der Waals surface area contributed by atoms with E-state index in [9.17, 15) is 35.9 Å². The lowest BCUT2D eigenvalue weighted by molar-refractivity contribution is -0.274. The first-order valence-electron chi connectivity index (χ1n) is 11.2. The molecular formula is C24H23F6N3O5. The van der Waals surface area contributed by atoms with Gasteiger partial charge in [-0.25, -0.2) is 14.0 Å². The summed E-state index contributed by atoms with van der Waals surface area (Å²) in [7, 11) is 0. The summed E-state index contributed by atoms with van der Waals surface area (Å²) in [6.45, 7) is 3.89. The van der Waals surface area contributed by atoms with Crippen molar-refractivity contribution < 1.29 is 45.3 Å². The smallest absolute Gasteiger partial charge is 0.486 e. The van der Waals surface area contributed by atoms with Gasteiger partial charge >= 0.3 is 24.2 Å². The highest BCUT2D eigenvalue weighted by molar-refractivity contribution is 5.68. The molecule has 1 heterocycles. The molecule has 0 aliphatic carbocycles. The van der Waals surface area contributed by atoms with Crippen LogP contribution in [0.2, 0.25) is 0 Å². The van der Waals surface area contributed by atoms with E-state index in [0.29, 0.717) is 0 Å². The number of halogens is 6. The quantitative estimate of drug-likeness (QED) is 0.276. The van der Waals surface area contributed by atoms with Gasteiger partial charge in [0.25, 0.3) is 0 Å². The first-order valence-corrected chi connectivity index (χ1v) is 11.2. The zero-order valence-corrected chi connectivity index (χ0v) is 20.4. The van der Waals surface area contributed by atoms with Crippen LogP contribution in [0.25, 0.3) is 5.69 Å². The molecule has 206 valence electrons. The molecule has 38 heavy (non-hydrogen) atoms. The second-order valence-corrected chi connectivity index (χ2v) is 8.24. The Morgan fingerprint density at radius 2 is 1.74 bits per heavy atom. The predicted octanol–water partition coefficient (Wildman–Crippen LogP) is 5.03. The Morgan fingerprint density at radius 1 is 1.08 bits per heavy atom. The Morgan fingerprint density at radius 3 is 2.32 bits per heavy atom. The molecule has 0 aliphatic rings. The average molecular weight is 547 g/mol. The molecule has 1 aromatic heterocycles. The highest BCUT2D eigenvalue weighted by atomic mass is 19.4. The molecule has 0 radical (unpaired) electrons. The molecule has 3 rings (SSSR count). The highest BCUT2D eigenvalue weighted by Crippen LogP contribution is 2.39. The maximum atomic E-state index is 13.9. The number of hydrogen-bond donors (Lipinski definition) is 0. The van der Waals surface area contributed by atoms with Crippen molar-refractivity contribution in [1.29, 1.82) is 0 Å². The van der Waals surface area contributed by atoms with Gasteiger partial charge in [-0.3, -0.25) is 4.79 Å². The van der Waals surface area contributed by atoms with Crippen LogP contribution < -0.4 is 15.2 Å². The van der Waals surface area contributed by atoms with E-state index in [-0.39, 0.29) is 36.4 Å². The molecule has 0 fully saturated rings. The number of nitrogens with zero attached hydrogens (tertiary/aromatic N) is 3. The van der Waals surface area contributed by atoms with Crippen molar-refractivity contribution in [3.05, 3.63) is 69.9 Å². The van der Waals surface area contributed by atoms with E-state index in [1.54, 1.807) is 6.92 Å². The van der Waals surface area contributed by atoms with Crippen LogP contribution in [-0.4, -0.2) is 39.4 Å². The fourth-order valence-electron chi connectivity index (χ4n) is 3.46. The summed E-state index contributed by atoms with van der Waals surface area (Å²) in [6.07, 6.45) is -9.32. The van der Waals surface area contributed by atoms with Crippen molar-refractivity contribution in [1.82, 2.24) is 14.3 Å². The number of rotatable bonds is 9. The van der Waals surface area contributed by atoms with E-state index in [1.807, 2.05) is 0 Å². The maximum Gasteiger partial charge on any atom is 0.573 e. The Kier molecular flexibility index (Phi) is 8.42. The second kappa shape index (κ2) is 11.2. The molecule has 8 nitrogen and oxygen atoms in total. The second-order valence-electron chi connectivity index (χ2n) is 8.24. The van der Waals surface area contributed by atoms with Crippen LogP contribution in [0.5, 0.6) is 11.5 Å². The van der Waals surface area contributed by atoms with Crippen LogP contribution in [-0.2, 0) is 22.3 Å². The van der Waals surface area contributed by atoms with Crippen molar-refractivity contribution in [2.75, 3.05) is 6.61 Å². The molecule has 0 aliphatic heterocycles. The minimum Gasteiger partial charge on any atom is -0.486 e. The number of esters is 1. The minimum atomic E-state index is -4.88. The molecule has 0 amide bonds. The molecule has 2 aromatic carbocycles.